The largest absolute Gasteiger partial charge is 0.459 e. The molecule has 0 aromatic heterocycles. The monoisotopic (exact) mass is 184 g/mol. The summed E-state index contributed by atoms with van der Waals surface area (Å²) >= 11 is 0. The van der Waals surface area contributed by atoms with E-state index < -0.39 is 0 Å². The third-order valence-electron chi connectivity index (χ3n) is 2.18. The number of hydrogen-bond acceptors (Lipinski definition) is 2. The first-order valence-corrected chi connectivity index (χ1v) is 5.05. The smallest absolute Gasteiger partial charge is 0.333 e. The lowest BCUT2D eigenvalue weighted by atomic mass is 10.2. The second-order valence-corrected chi connectivity index (χ2v) is 3.01. The van der Waals surface area contributed by atoms with Crippen molar-refractivity contribution in [3.05, 3.63) is 11.6 Å². The fourth-order valence-corrected chi connectivity index (χ4v) is 1.15. The second kappa shape index (κ2) is 6.70. The molecule has 0 aliphatic rings. The van der Waals surface area contributed by atoms with Gasteiger partial charge >= 0.3 is 5.97 Å². The fourth-order valence-electron chi connectivity index (χ4n) is 1.15. The molecular weight excluding hydrogens is 164 g/mol. The Morgan fingerprint density at radius 3 is 2.15 bits per heavy atom. The minimum Gasteiger partial charge on any atom is -0.459 e. The van der Waals surface area contributed by atoms with Crippen molar-refractivity contribution >= 4 is 5.97 Å². The Bertz CT molecular complexity index is 179. The number of carbonyl (C=O) groups excluding carboxylic acids is 1. The lowest BCUT2D eigenvalue weighted by molar-refractivity contribution is -0.144. The molecule has 0 aromatic carbocycles. The Labute approximate surface area is 81.0 Å². The van der Waals surface area contributed by atoms with E-state index in [9.17, 15) is 4.79 Å². The Morgan fingerprint density at radius 1 is 1.31 bits per heavy atom. The number of hydrogen-bond donors (Lipinski definition) is 0. The van der Waals surface area contributed by atoms with Gasteiger partial charge in [0.15, 0.2) is 0 Å². The minimum atomic E-state index is -0.154. The van der Waals surface area contributed by atoms with Gasteiger partial charge in [-0.1, -0.05) is 26.8 Å². The van der Waals surface area contributed by atoms with E-state index in [0.29, 0.717) is 0 Å². The highest BCUT2D eigenvalue weighted by Crippen LogP contribution is 2.09. The first-order chi connectivity index (χ1) is 6.19. The summed E-state index contributed by atoms with van der Waals surface area (Å²) in [5.74, 6) is -0.154. The third-order valence-corrected chi connectivity index (χ3v) is 2.18. The van der Waals surface area contributed by atoms with E-state index in [1.54, 1.807) is 0 Å². The van der Waals surface area contributed by atoms with Crippen LogP contribution in [0, 0.1) is 0 Å². The zero-order valence-corrected chi connectivity index (χ0v) is 9.09. The van der Waals surface area contributed by atoms with E-state index in [1.165, 1.54) is 0 Å². The van der Waals surface area contributed by atoms with E-state index in [-0.39, 0.29) is 12.1 Å². The van der Waals surface area contributed by atoms with Crippen molar-refractivity contribution in [2.45, 2.75) is 53.1 Å². The normalized spacial score (nSPS) is 11.9. The first-order valence-electron chi connectivity index (χ1n) is 5.05. The van der Waals surface area contributed by atoms with Crippen LogP contribution in [0.3, 0.4) is 0 Å². The molecule has 0 aliphatic carbocycles. The van der Waals surface area contributed by atoms with Crippen LogP contribution in [0.1, 0.15) is 47.0 Å². The van der Waals surface area contributed by atoms with Gasteiger partial charge in [0.25, 0.3) is 0 Å². The van der Waals surface area contributed by atoms with E-state index in [2.05, 4.69) is 0 Å². The summed E-state index contributed by atoms with van der Waals surface area (Å²) < 4.78 is 5.29. The van der Waals surface area contributed by atoms with Gasteiger partial charge in [0.1, 0.15) is 6.10 Å². The van der Waals surface area contributed by atoms with Crippen molar-refractivity contribution in [1.29, 1.82) is 0 Å². The molecule has 0 spiro atoms. The van der Waals surface area contributed by atoms with Crippen molar-refractivity contribution in [1.82, 2.24) is 0 Å². The maximum Gasteiger partial charge on any atom is 0.333 e. The number of carbonyl (C=O) groups is 1. The van der Waals surface area contributed by atoms with Gasteiger partial charge in [0.2, 0.25) is 0 Å². The Hall–Kier alpha value is -0.790. The summed E-state index contributed by atoms with van der Waals surface area (Å²) in [5, 5.41) is 0. The maximum atomic E-state index is 11.4. The van der Waals surface area contributed by atoms with Crippen LogP contribution < -0.4 is 0 Å². The van der Waals surface area contributed by atoms with Crippen LogP contribution >= 0.6 is 0 Å². The lowest BCUT2D eigenvalue weighted by Crippen LogP contribution is -2.17. The molecule has 0 saturated heterocycles. The molecule has 2 nitrogen and oxygen atoms in total. The zero-order chi connectivity index (χ0) is 10.3. The van der Waals surface area contributed by atoms with Crippen LogP contribution in [0.25, 0.3) is 0 Å². The number of rotatable bonds is 5. The van der Waals surface area contributed by atoms with Crippen LogP contribution in [-0.2, 0) is 9.53 Å². The quantitative estimate of drug-likeness (QED) is 0.485. The molecular formula is C11H20O2. The molecule has 0 N–H and O–H groups in total. The highest BCUT2D eigenvalue weighted by molar-refractivity contribution is 5.88. The summed E-state index contributed by atoms with van der Waals surface area (Å²) in [6.45, 7) is 7.89. The predicted octanol–water partition coefficient (Wildman–Crippen LogP) is 3.07. The SMILES string of the molecule is CC=C(CC)C(=O)OC(CC)CC. The van der Waals surface area contributed by atoms with E-state index in [0.717, 1.165) is 24.8 Å². The predicted molar refractivity (Wildman–Crippen MR) is 54.5 cm³/mol. The zero-order valence-electron chi connectivity index (χ0n) is 9.09. The number of ether oxygens (including phenoxy) is 1. The second-order valence-electron chi connectivity index (χ2n) is 3.01. The molecule has 13 heavy (non-hydrogen) atoms. The van der Waals surface area contributed by atoms with Crippen LogP contribution in [0.5, 0.6) is 0 Å². The van der Waals surface area contributed by atoms with Gasteiger partial charge in [-0.15, -0.1) is 0 Å². The maximum absolute atomic E-state index is 11.4. The van der Waals surface area contributed by atoms with Crippen LogP contribution in [0.15, 0.2) is 11.6 Å². The summed E-state index contributed by atoms with van der Waals surface area (Å²) in [4.78, 5) is 11.4. The van der Waals surface area contributed by atoms with Crippen LogP contribution in [-0.4, -0.2) is 12.1 Å². The van der Waals surface area contributed by atoms with Crippen molar-refractivity contribution in [3.8, 4) is 0 Å². The molecule has 0 atom stereocenters. The first kappa shape index (κ1) is 12.2. The molecule has 0 fully saturated rings. The van der Waals surface area contributed by atoms with Gasteiger partial charge in [-0.2, -0.15) is 0 Å². The average Bonchev–Trinajstić information content (AvgIpc) is 2.16. The topological polar surface area (TPSA) is 26.3 Å². The van der Waals surface area contributed by atoms with Crippen molar-refractivity contribution in [3.63, 3.8) is 0 Å². The lowest BCUT2D eigenvalue weighted by Gasteiger charge is -2.14. The van der Waals surface area contributed by atoms with Gasteiger partial charge in [-0.25, -0.2) is 4.79 Å². The summed E-state index contributed by atoms with van der Waals surface area (Å²) in [7, 11) is 0. The van der Waals surface area contributed by atoms with Crippen molar-refractivity contribution in [2.75, 3.05) is 0 Å². The summed E-state index contributed by atoms with van der Waals surface area (Å²) in [6, 6.07) is 0. The number of esters is 1. The molecule has 0 unspecified atom stereocenters. The summed E-state index contributed by atoms with van der Waals surface area (Å²) in [6.07, 6.45) is 4.43. The highest BCUT2D eigenvalue weighted by Gasteiger charge is 2.12. The molecule has 2 heteroatoms. The van der Waals surface area contributed by atoms with Gasteiger partial charge < -0.3 is 4.74 Å². The molecule has 0 amide bonds. The van der Waals surface area contributed by atoms with E-state index in [1.807, 2.05) is 33.8 Å². The third kappa shape index (κ3) is 4.11. The molecule has 0 heterocycles. The Balaban J connectivity index is 4.12. The van der Waals surface area contributed by atoms with E-state index in [4.69, 9.17) is 4.74 Å². The van der Waals surface area contributed by atoms with Gasteiger partial charge in [0.05, 0.1) is 0 Å². The Morgan fingerprint density at radius 2 is 1.85 bits per heavy atom. The molecule has 0 aromatic rings. The molecule has 0 bridgehead atoms. The summed E-state index contributed by atoms with van der Waals surface area (Å²) in [5.41, 5.74) is 0.770. The molecule has 0 saturated carbocycles. The van der Waals surface area contributed by atoms with E-state index >= 15 is 0 Å². The standard InChI is InChI=1S/C11H20O2/c1-5-9(6-2)11(12)13-10(7-3)8-4/h5,10H,6-8H2,1-4H3. The van der Waals surface area contributed by atoms with Crippen molar-refractivity contribution < 1.29 is 9.53 Å². The van der Waals surface area contributed by atoms with Gasteiger partial charge in [-0.3, -0.25) is 0 Å². The van der Waals surface area contributed by atoms with Crippen molar-refractivity contribution in [2.24, 2.45) is 0 Å². The van der Waals surface area contributed by atoms with Gasteiger partial charge in [-0.05, 0) is 26.2 Å². The molecule has 76 valence electrons. The fraction of sp³-hybridized carbons (Fsp3) is 0.727. The Kier molecular flexibility index (Phi) is 6.29. The van der Waals surface area contributed by atoms with Crippen LogP contribution in [0.2, 0.25) is 0 Å². The van der Waals surface area contributed by atoms with Gasteiger partial charge in [0, 0.05) is 5.57 Å². The minimum absolute atomic E-state index is 0.0778. The average molecular weight is 184 g/mol. The van der Waals surface area contributed by atoms with Crippen LogP contribution in [0.4, 0.5) is 0 Å². The molecule has 0 rings (SSSR count). The molecule has 0 radical (unpaired) electrons. The highest BCUT2D eigenvalue weighted by atomic mass is 16.5. The molecule has 0 aliphatic heterocycles. The number of allylic oxidation sites excluding steroid dienone is 1.